The van der Waals surface area contributed by atoms with Gasteiger partial charge in [-0.1, -0.05) is 12.1 Å². The van der Waals surface area contributed by atoms with Crippen LogP contribution in [0.2, 0.25) is 0 Å². The summed E-state index contributed by atoms with van der Waals surface area (Å²) < 4.78 is 10.3. The van der Waals surface area contributed by atoms with E-state index in [0.717, 1.165) is 25.1 Å². The van der Waals surface area contributed by atoms with E-state index in [4.69, 9.17) is 9.47 Å². The second-order valence-electron chi connectivity index (χ2n) is 6.77. The van der Waals surface area contributed by atoms with Crippen LogP contribution in [0.3, 0.4) is 0 Å². The molecule has 2 heterocycles. The predicted octanol–water partition coefficient (Wildman–Crippen LogP) is 2.66. The summed E-state index contributed by atoms with van der Waals surface area (Å²) in [6.45, 7) is 0.430. The fourth-order valence-electron chi connectivity index (χ4n) is 3.72. The van der Waals surface area contributed by atoms with Crippen molar-refractivity contribution < 1.29 is 23.9 Å². The van der Waals surface area contributed by atoms with Crippen LogP contribution in [-0.4, -0.2) is 44.0 Å². The Bertz CT molecular complexity index is 956. The van der Waals surface area contributed by atoms with Crippen LogP contribution in [-0.2, 0) is 9.53 Å². The fraction of sp³-hybridized carbons (Fsp3) is 0.286. The average Bonchev–Trinajstić information content (AvgIpc) is 3.22. The van der Waals surface area contributed by atoms with Crippen LogP contribution >= 0.6 is 0 Å². The van der Waals surface area contributed by atoms with E-state index in [1.165, 1.54) is 7.11 Å². The molecule has 0 aromatic heterocycles. The largest absolute Gasteiger partial charge is 0.496 e. The Hall–Kier alpha value is -3.35. The lowest BCUT2D eigenvalue weighted by molar-refractivity contribution is -0.117. The first kappa shape index (κ1) is 18.0. The van der Waals surface area contributed by atoms with Crippen molar-refractivity contribution in [1.29, 1.82) is 0 Å². The number of methoxy groups -OCH3 is 1. The minimum Gasteiger partial charge on any atom is -0.496 e. The highest BCUT2D eigenvalue weighted by Crippen LogP contribution is 2.37. The Morgan fingerprint density at radius 2 is 2.04 bits per heavy atom. The summed E-state index contributed by atoms with van der Waals surface area (Å²) in [5.74, 6) is -0.595. The summed E-state index contributed by atoms with van der Waals surface area (Å²) in [5.41, 5.74) is 2.14. The first-order chi connectivity index (χ1) is 13.6. The number of esters is 1. The van der Waals surface area contributed by atoms with Crippen molar-refractivity contribution in [3.05, 3.63) is 53.6 Å². The maximum Gasteiger partial charge on any atom is 0.338 e. The van der Waals surface area contributed by atoms with Gasteiger partial charge in [0.05, 0.1) is 29.6 Å². The smallest absolute Gasteiger partial charge is 0.338 e. The second kappa shape index (κ2) is 7.34. The van der Waals surface area contributed by atoms with Crippen LogP contribution in [0.5, 0.6) is 5.75 Å². The van der Waals surface area contributed by atoms with Gasteiger partial charge in [0.2, 0.25) is 11.7 Å². The number of rotatable bonds is 5. The van der Waals surface area contributed by atoms with Crippen LogP contribution < -0.4 is 15.0 Å². The van der Waals surface area contributed by atoms with Crippen LogP contribution in [0.4, 0.5) is 11.4 Å². The van der Waals surface area contributed by atoms with Crippen molar-refractivity contribution in [2.75, 3.05) is 30.5 Å². The highest BCUT2D eigenvalue weighted by Gasteiger charge is 2.36. The number of amides is 1. The van der Waals surface area contributed by atoms with E-state index in [1.54, 1.807) is 36.4 Å². The zero-order valence-corrected chi connectivity index (χ0v) is 15.4. The molecule has 1 atom stereocenters. The summed E-state index contributed by atoms with van der Waals surface area (Å²) >= 11 is 0. The SMILES string of the molecule is COc1ccccc1C(=O)COC(=O)c1ccc2c(c1)NC(=O)[C@@H]1CCCN21. The van der Waals surface area contributed by atoms with Gasteiger partial charge in [-0.05, 0) is 43.2 Å². The molecule has 1 saturated heterocycles. The predicted molar refractivity (Wildman–Crippen MR) is 103 cm³/mol. The molecule has 7 nitrogen and oxygen atoms in total. The Morgan fingerprint density at radius 3 is 2.86 bits per heavy atom. The van der Waals surface area contributed by atoms with E-state index in [2.05, 4.69) is 10.2 Å². The molecule has 0 spiro atoms. The van der Waals surface area contributed by atoms with Crippen molar-refractivity contribution in [2.24, 2.45) is 0 Å². The summed E-state index contributed by atoms with van der Waals surface area (Å²) in [4.78, 5) is 39.0. The molecule has 2 aromatic carbocycles. The standard InChI is InChI=1S/C21H20N2O5/c1-27-19-7-3-2-5-14(19)18(24)12-28-21(26)13-8-9-16-15(11-13)22-20(25)17-6-4-10-23(16)17/h2-3,5,7-9,11,17H,4,6,10,12H2,1H3,(H,22,25)/t17-/m0/s1. The van der Waals surface area contributed by atoms with Gasteiger partial charge in [0.25, 0.3) is 0 Å². The molecule has 1 amide bonds. The minimum absolute atomic E-state index is 0.0538. The molecule has 144 valence electrons. The maximum atomic E-state index is 12.4. The average molecular weight is 380 g/mol. The van der Waals surface area contributed by atoms with Crippen molar-refractivity contribution in [3.8, 4) is 5.75 Å². The van der Waals surface area contributed by atoms with Gasteiger partial charge in [0.15, 0.2) is 6.61 Å². The third-order valence-electron chi connectivity index (χ3n) is 5.10. The molecule has 2 aromatic rings. The molecular weight excluding hydrogens is 360 g/mol. The third-order valence-corrected chi connectivity index (χ3v) is 5.10. The van der Waals surface area contributed by atoms with Gasteiger partial charge in [-0.3, -0.25) is 9.59 Å². The maximum absolute atomic E-state index is 12.4. The molecule has 7 heteroatoms. The number of nitrogens with one attached hydrogen (secondary N) is 1. The van der Waals surface area contributed by atoms with Crippen molar-refractivity contribution in [2.45, 2.75) is 18.9 Å². The molecule has 0 unspecified atom stereocenters. The number of fused-ring (bicyclic) bond motifs is 3. The molecule has 1 fully saturated rings. The molecule has 4 rings (SSSR count). The molecular formula is C21H20N2O5. The van der Waals surface area contributed by atoms with Crippen LogP contribution in [0.15, 0.2) is 42.5 Å². The topological polar surface area (TPSA) is 84.9 Å². The molecule has 0 aliphatic carbocycles. The van der Waals surface area contributed by atoms with Gasteiger partial charge in [-0.15, -0.1) is 0 Å². The molecule has 0 bridgehead atoms. The lowest BCUT2D eigenvalue weighted by atomic mass is 10.1. The summed E-state index contributed by atoms with van der Waals surface area (Å²) in [5, 5.41) is 2.86. The fourth-order valence-corrected chi connectivity index (χ4v) is 3.72. The Balaban J connectivity index is 1.47. The van der Waals surface area contributed by atoms with Gasteiger partial charge in [-0.2, -0.15) is 0 Å². The number of para-hydroxylation sites is 1. The second-order valence-corrected chi connectivity index (χ2v) is 6.77. The van der Waals surface area contributed by atoms with Gasteiger partial charge in [-0.25, -0.2) is 4.79 Å². The Morgan fingerprint density at radius 1 is 1.21 bits per heavy atom. The highest BCUT2D eigenvalue weighted by atomic mass is 16.5. The zero-order valence-electron chi connectivity index (χ0n) is 15.4. The third kappa shape index (κ3) is 3.19. The van der Waals surface area contributed by atoms with Crippen LogP contribution in [0, 0.1) is 0 Å². The molecule has 28 heavy (non-hydrogen) atoms. The van der Waals surface area contributed by atoms with Gasteiger partial charge < -0.3 is 19.7 Å². The van der Waals surface area contributed by atoms with Gasteiger partial charge in [0.1, 0.15) is 11.8 Å². The van der Waals surface area contributed by atoms with Crippen molar-refractivity contribution in [1.82, 2.24) is 0 Å². The van der Waals surface area contributed by atoms with Gasteiger partial charge >= 0.3 is 5.97 Å². The van der Waals surface area contributed by atoms with Crippen molar-refractivity contribution in [3.63, 3.8) is 0 Å². The van der Waals surface area contributed by atoms with E-state index in [0.29, 0.717) is 17.0 Å². The number of benzene rings is 2. The minimum atomic E-state index is -0.621. The quantitative estimate of drug-likeness (QED) is 0.634. The van der Waals surface area contributed by atoms with Crippen LogP contribution in [0.1, 0.15) is 33.6 Å². The van der Waals surface area contributed by atoms with Crippen molar-refractivity contribution >= 4 is 29.0 Å². The summed E-state index contributed by atoms with van der Waals surface area (Å²) in [6.07, 6.45) is 1.80. The number of hydrogen-bond acceptors (Lipinski definition) is 6. The Kier molecular flexibility index (Phi) is 4.73. The number of nitrogens with zero attached hydrogens (tertiary/aromatic N) is 1. The molecule has 0 saturated carbocycles. The Labute approximate surface area is 162 Å². The number of hydrogen-bond donors (Lipinski definition) is 1. The van der Waals surface area contributed by atoms with E-state index in [1.807, 2.05) is 6.07 Å². The monoisotopic (exact) mass is 380 g/mol. The first-order valence-electron chi connectivity index (χ1n) is 9.13. The molecule has 2 aliphatic heterocycles. The zero-order chi connectivity index (χ0) is 19.7. The normalized spacial score (nSPS) is 17.4. The lowest BCUT2D eigenvalue weighted by Gasteiger charge is -2.33. The first-order valence-corrected chi connectivity index (χ1v) is 9.13. The molecule has 1 N–H and O–H groups in total. The number of ketones is 1. The van der Waals surface area contributed by atoms with E-state index in [9.17, 15) is 14.4 Å². The number of anilines is 2. The van der Waals surface area contributed by atoms with E-state index >= 15 is 0 Å². The number of Topliss-reactive ketones (excluding diaryl/α,β-unsaturated/α-hetero) is 1. The lowest BCUT2D eigenvalue weighted by Crippen LogP contribution is -2.43. The number of carbonyl (C=O) groups is 3. The summed E-state index contributed by atoms with van der Waals surface area (Å²) in [7, 11) is 1.48. The number of ether oxygens (including phenoxy) is 2. The molecule has 0 radical (unpaired) electrons. The number of carbonyl (C=O) groups excluding carboxylic acids is 3. The van der Waals surface area contributed by atoms with E-state index < -0.39 is 12.6 Å². The summed E-state index contributed by atoms with van der Waals surface area (Å²) in [6, 6.07) is 11.7. The highest BCUT2D eigenvalue weighted by molar-refractivity contribution is 6.06. The van der Waals surface area contributed by atoms with Gasteiger partial charge in [0, 0.05) is 6.54 Å². The van der Waals surface area contributed by atoms with E-state index in [-0.39, 0.29) is 23.3 Å². The van der Waals surface area contributed by atoms with Crippen LogP contribution in [0.25, 0.3) is 0 Å². The molecule has 2 aliphatic rings.